The van der Waals surface area contributed by atoms with Crippen molar-refractivity contribution in [3.63, 3.8) is 0 Å². The molecule has 1 N–H and O–H groups in total. The number of hydrogen-bond donors (Lipinski definition) is 1. The van der Waals surface area contributed by atoms with E-state index in [1.807, 2.05) is 27.7 Å². The van der Waals surface area contributed by atoms with E-state index < -0.39 is 22.9 Å². The Kier molecular flexibility index (Phi) is 5.45. The fourth-order valence-corrected chi connectivity index (χ4v) is 5.89. The molecule has 0 amide bonds. The lowest BCUT2D eigenvalue weighted by atomic mass is 9.49. The Morgan fingerprint density at radius 1 is 1.07 bits per heavy atom. The van der Waals surface area contributed by atoms with Crippen LogP contribution < -0.4 is 9.47 Å². The summed E-state index contributed by atoms with van der Waals surface area (Å²) in [6.45, 7) is 8.30. The largest absolute Gasteiger partial charge is 0.507 e. The van der Waals surface area contributed by atoms with Gasteiger partial charge in [0.2, 0.25) is 11.6 Å². The van der Waals surface area contributed by atoms with Crippen LogP contribution >= 0.6 is 0 Å². The van der Waals surface area contributed by atoms with Gasteiger partial charge in [-0.05, 0) is 18.3 Å². The van der Waals surface area contributed by atoms with Crippen molar-refractivity contribution in [1.29, 1.82) is 0 Å². The number of phenolic OH excluding ortho intramolecular Hbond substituents is 1. The minimum absolute atomic E-state index is 0.0713. The van der Waals surface area contributed by atoms with Crippen LogP contribution in [0, 0.1) is 11.3 Å². The third-order valence-electron chi connectivity index (χ3n) is 6.96. The summed E-state index contributed by atoms with van der Waals surface area (Å²) >= 11 is 0. The van der Waals surface area contributed by atoms with Crippen molar-refractivity contribution in [1.82, 2.24) is 0 Å². The minimum atomic E-state index is -0.637. The Balaban J connectivity index is 2.43. The van der Waals surface area contributed by atoms with Gasteiger partial charge in [0, 0.05) is 35.5 Å². The first-order valence-electron chi connectivity index (χ1n) is 10.2. The van der Waals surface area contributed by atoms with E-state index in [1.54, 1.807) is 7.11 Å². The molecule has 6 heteroatoms. The molecule has 0 unspecified atom stereocenters. The zero-order valence-corrected chi connectivity index (χ0v) is 18.5. The van der Waals surface area contributed by atoms with Crippen LogP contribution in [0.4, 0.5) is 0 Å². The van der Waals surface area contributed by atoms with Crippen molar-refractivity contribution in [2.45, 2.75) is 58.3 Å². The number of benzene rings is 1. The van der Waals surface area contributed by atoms with E-state index in [1.165, 1.54) is 14.2 Å². The number of phenols is 1. The number of Topliss-reactive ketones (excluding diaryl/α,β-unsaturated/α-hetero) is 2. The second-order valence-corrected chi connectivity index (χ2v) is 9.32. The summed E-state index contributed by atoms with van der Waals surface area (Å²) in [6, 6.07) is 0. The molecule has 0 heterocycles. The molecule has 2 aliphatic rings. The molecule has 3 atom stereocenters. The van der Waals surface area contributed by atoms with E-state index in [-0.39, 0.29) is 22.6 Å². The van der Waals surface area contributed by atoms with Gasteiger partial charge < -0.3 is 19.3 Å². The summed E-state index contributed by atoms with van der Waals surface area (Å²) in [5.74, 6) is -1.14. The van der Waals surface area contributed by atoms with E-state index >= 15 is 0 Å². The smallest absolute Gasteiger partial charge is 0.233 e. The second-order valence-electron chi connectivity index (χ2n) is 9.32. The SMILES string of the molecule is COC[C@@H](C)c1c(O)c2c(c(OC)c1OC)[C@]1(C)CCCC(C)(C)[C@H]1C(=O)C2=O. The molecule has 0 saturated heterocycles. The molecule has 0 aliphatic heterocycles. The Hall–Kier alpha value is -2.08. The predicted octanol–water partition coefficient (Wildman–Crippen LogP) is 4.01. The highest BCUT2D eigenvalue weighted by Crippen LogP contribution is 2.61. The lowest BCUT2D eigenvalue weighted by molar-refractivity contribution is -0.128. The summed E-state index contributed by atoms with van der Waals surface area (Å²) in [4.78, 5) is 26.6. The summed E-state index contributed by atoms with van der Waals surface area (Å²) in [7, 11) is 4.63. The van der Waals surface area contributed by atoms with Gasteiger partial charge in [0.05, 0.1) is 26.4 Å². The zero-order chi connectivity index (χ0) is 21.7. The number of methoxy groups -OCH3 is 3. The van der Waals surface area contributed by atoms with E-state index in [0.717, 1.165) is 19.3 Å². The number of hydrogen-bond acceptors (Lipinski definition) is 6. The van der Waals surface area contributed by atoms with Crippen LogP contribution in [0.5, 0.6) is 17.2 Å². The fraction of sp³-hybridized carbons (Fsp3) is 0.652. The molecule has 1 saturated carbocycles. The summed E-state index contributed by atoms with van der Waals surface area (Å²) < 4.78 is 16.7. The molecule has 3 rings (SSSR count). The number of aromatic hydroxyl groups is 1. The highest BCUT2D eigenvalue weighted by Gasteiger charge is 2.59. The van der Waals surface area contributed by atoms with E-state index in [2.05, 4.69) is 0 Å². The Morgan fingerprint density at radius 3 is 2.24 bits per heavy atom. The van der Waals surface area contributed by atoms with Gasteiger partial charge in [-0.3, -0.25) is 9.59 Å². The van der Waals surface area contributed by atoms with Crippen molar-refractivity contribution in [3.8, 4) is 17.2 Å². The maximum Gasteiger partial charge on any atom is 0.233 e. The number of ether oxygens (including phenoxy) is 3. The third kappa shape index (κ3) is 2.95. The van der Waals surface area contributed by atoms with Crippen LogP contribution in [-0.2, 0) is 14.9 Å². The molecular formula is C23H32O6. The lowest BCUT2D eigenvalue weighted by Gasteiger charge is -2.52. The quantitative estimate of drug-likeness (QED) is 0.747. The molecule has 1 aromatic rings. The van der Waals surface area contributed by atoms with Crippen LogP contribution in [0.15, 0.2) is 0 Å². The van der Waals surface area contributed by atoms with Crippen molar-refractivity contribution in [2.75, 3.05) is 27.9 Å². The van der Waals surface area contributed by atoms with Crippen LogP contribution in [0.1, 0.15) is 74.4 Å². The van der Waals surface area contributed by atoms with Crippen molar-refractivity contribution >= 4 is 11.6 Å². The van der Waals surface area contributed by atoms with Crippen molar-refractivity contribution < 1.29 is 28.9 Å². The number of rotatable bonds is 5. The van der Waals surface area contributed by atoms with Crippen LogP contribution in [0.25, 0.3) is 0 Å². The number of carbonyl (C=O) groups is 2. The maximum atomic E-state index is 13.3. The van der Waals surface area contributed by atoms with Gasteiger partial charge >= 0.3 is 0 Å². The highest BCUT2D eigenvalue weighted by atomic mass is 16.5. The maximum absolute atomic E-state index is 13.3. The Labute approximate surface area is 172 Å². The molecule has 0 spiro atoms. The third-order valence-corrected chi connectivity index (χ3v) is 6.96. The van der Waals surface area contributed by atoms with Gasteiger partial charge in [-0.2, -0.15) is 0 Å². The Morgan fingerprint density at radius 2 is 1.69 bits per heavy atom. The molecule has 0 bridgehead atoms. The van der Waals surface area contributed by atoms with E-state index in [0.29, 0.717) is 29.2 Å². The normalized spacial score (nSPS) is 26.5. The Bertz CT molecular complexity index is 856. The number of carbonyl (C=O) groups excluding carboxylic acids is 2. The number of ketones is 2. The molecule has 1 aromatic carbocycles. The average molecular weight is 405 g/mol. The molecule has 29 heavy (non-hydrogen) atoms. The molecule has 0 radical (unpaired) electrons. The number of fused-ring (bicyclic) bond motifs is 3. The van der Waals surface area contributed by atoms with Crippen LogP contribution in [0.3, 0.4) is 0 Å². The summed E-state index contributed by atoms with van der Waals surface area (Å²) in [5, 5.41) is 11.2. The molecular weight excluding hydrogens is 372 g/mol. The van der Waals surface area contributed by atoms with Gasteiger partial charge in [0.1, 0.15) is 5.75 Å². The van der Waals surface area contributed by atoms with Gasteiger partial charge in [-0.25, -0.2) is 0 Å². The second kappa shape index (κ2) is 7.31. The van der Waals surface area contributed by atoms with Crippen molar-refractivity contribution in [2.24, 2.45) is 11.3 Å². The van der Waals surface area contributed by atoms with Gasteiger partial charge in [0.25, 0.3) is 0 Å². The summed E-state index contributed by atoms with van der Waals surface area (Å²) in [5.41, 5.74) is 0.157. The first kappa shape index (κ1) is 21.6. The lowest BCUT2D eigenvalue weighted by Crippen LogP contribution is -2.55. The topological polar surface area (TPSA) is 82.1 Å². The fourth-order valence-electron chi connectivity index (χ4n) is 5.89. The van der Waals surface area contributed by atoms with E-state index in [9.17, 15) is 14.7 Å². The highest BCUT2D eigenvalue weighted by molar-refractivity contribution is 6.47. The molecule has 6 nitrogen and oxygen atoms in total. The zero-order valence-electron chi connectivity index (χ0n) is 18.5. The van der Waals surface area contributed by atoms with E-state index in [4.69, 9.17) is 14.2 Å². The summed E-state index contributed by atoms with van der Waals surface area (Å²) in [6.07, 6.45) is 2.53. The molecule has 160 valence electrons. The first-order chi connectivity index (χ1) is 13.6. The minimum Gasteiger partial charge on any atom is -0.507 e. The van der Waals surface area contributed by atoms with Gasteiger partial charge in [0.15, 0.2) is 11.5 Å². The standard InChI is InChI=1S/C23H32O6/c1-12(11-27-5)13-16(24)14-15(20(29-7)19(13)28-6)23(4)10-8-9-22(2,3)21(23)18(26)17(14)25/h12,21,24H,8-11H2,1-7H3/t12-,21-,23+/m1/s1. The average Bonchev–Trinajstić information content (AvgIpc) is 2.64. The van der Waals surface area contributed by atoms with Crippen LogP contribution in [0.2, 0.25) is 0 Å². The molecule has 1 fully saturated rings. The molecule has 0 aromatic heterocycles. The van der Waals surface area contributed by atoms with Crippen LogP contribution in [-0.4, -0.2) is 44.6 Å². The van der Waals surface area contributed by atoms with Gasteiger partial charge in [-0.15, -0.1) is 0 Å². The first-order valence-corrected chi connectivity index (χ1v) is 10.2. The predicted molar refractivity (Wildman–Crippen MR) is 109 cm³/mol. The van der Waals surface area contributed by atoms with Crippen molar-refractivity contribution in [3.05, 3.63) is 16.7 Å². The molecule has 2 aliphatic carbocycles. The monoisotopic (exact) mass is 404 g/mol. The van der Waals surface area contributed by atoms with Gasteiger partial charge in [-0.1, -0.05) is 34.1 Å².